The zero-order valence-corrected chi connectivity index (χ0v) is 8.27. The van der Waals surface area contributed by atoms with Gasteiger partial charge >= 0.3 is 0 Å². The van der Waals surface area contributed by atoms with Crippen molar-refractivity contribution in [2.24, 2.45) is 5.10 Å². The van der Waals surface area contributed by atoms with E-state index in [-0.39, 0.29) is 6.04 Å². The van der Waals surface area contributed by atoms with Gasteiger partial charge in [-0.15, -0.1) is 0 Å². The van der Waals surface area contributed by atoms with Crippen molar-refractivity contribution >= 4 is 12.5 Å². The summed E-state index contributed by atoms with van der Waals surface area (Å²) in [4.78, 5) is 10.9. The van der Waals surface area contributed by atoms with E-state index in [0.29, 0.717) is 0 Å². The summed E-state index contributed by atoms with van der Waals surface area (Å²) in [6, 6.07) is 5.82. The van der Waals surface area contributed by atoms with Gasteiger partial charge in [0.2, 0.25) is 0 Å². The van der Waals surface area contributed by atoms with Gasteiger partial charge < -0.3 is 4.79 Å². The van der Waals surface area contributed by atoms with Gasteiger partial charge in [-0.05, 0) is 12.5 Å². The highest BCUT2D eigenvalue weighted by molar-refractivity contribution is 5.85. The molecule has 14 heavy (non-hydrogen) atoms. The summed E-state index contributed by atoms with van der Waals surface area (Å²) in [5, 5.41) is 5.81. The van der Waals surface area contributed by atoms with E-state index in [1.165, 1.54) is 5.56 Å². The third kappa shape index (κ3) is 1.31. The number of fused-ring (bicyclic) bond motifs is 1. The maximum absolute atomic E-state index is 10.9. The van der Waals surface area contributed by atoms with Crippen molar-refractivity contribution in [3.8, 4) is 0 Å². The Balaban J connectivity index is 2.56. The molecule has 0 spiro atoms. The van der Waals surface area contributed by atoms with Crippen LogP contribution in [0.5, 0.6) is 0 Å². The van der Waals surface area contributed by atoms with Crippen LogP contribution in [0.2, 0.25) is 0 Å². The Hall–Kier alpha value is -1.64. The van der Waals surface area contributed by atoms with E-state index in [9.17, 15) is 4.79 Å². The molecule has 0 N–H and O–H groups in total. The van der Waals surface area contributed by atoms with E-state index in [4.69, 9.17) is 0 Å². The maximum Gasteiger partial charge on any atom is 0.148 e. The topological polar surface area (TPSA) is 32.7 Å². The third-order valence-corrected chi connectivity index (χ3v) is 2.47. The summed E-state index contributed by atoms with van der Waals surface area (Å²) < 4.78 is 0. The maximum atomic E-state index is 10.9. The highest BCUT2D eigenvalue weighted by Gasteiger charge is 2.21. The van der Waals surface area contributed by atoms with Crippen LogP contribution in [0, 0.1) is 6.92 Å². The first-order chi connectivity index (χ1) is 6.72. The lowest BCUT2D eigenvalue weighted by Gasteiger charge is -2.26. The van der Waals surface area contributed by atoms with E-state index in [2.05, 4.69) is 5.10 Å². The second-order valence-electron chi connectivity index (χ2n) is 3.53. The highest BCUT2D eigenvalue weighted by Crippen LogP contribution is 2.25. The fourth-order valence-corrected chi connectivity index (χ4v) is 1.66. The van der Waals surface area contributed by atoms with Gasteiger partial charge in [-0.2, -0.15) is 5.10 Å². The summed E-state index contributed by atoms with van der Waals surface area (Å²) in [6.07, 6.45) is 2.71. The second-order valence-corrected chi connectivity index (χ2v) is 3.53. The molecule has 0 saturated heterocycles. The van der Waals surface area contributed by atoms with Gasteiger partial charge in [0.1, 0.15) is 12.3 Å². The van der Waals surface area contributed by atoms with Crippen molar-refractivity contribution < 1.29 is 4.79 Å². The van der Waals surface area contributed by atoms with Crippen molar-refractivity contribution in [1.82, 2.24) is 5.01 Å². The van der Waals surface area contributed by atoms with E-state index in [0.717, 1.165) is 17.4 Å². The molecular formula is C11H12N2O. The molecule has 1 aromatic carbocycles. The molecule has 1 heterocycles. The van der Waals surface area contributed by atoms with Crippen LogP contribution in [0.1, 0.15) is 22.7 Å². The van der Waals surface area contributed by atoms with Crippen LogP contribution in [0.25, 0.3) is 0 Å². The predicted octanol–water partition coefficient (Wildman–Crippen LogP) is 1.51. The number of carbonyl (C=O) groups is 1. The molecule has 0 aliphatic carbocycles. The van der Waals surface area contributed by atoms with Crippen LogP contribution < -0.4 is 0 Å². The van der Waals surface area contributed by atoms with Crippen molar-refractivity contribution in [3.05, 3.63) is 34.9 Å². The van der Waals surface area contributed by atoms with Crippen LogP contribution in [-0.4, -0.2) is 24.6 Å². The molecule has 1 atom stereocenters. The largest absolute Gasteiger partial charge is 0.301 e. The lowest BCUT2D eigenvalue weighted by Crippen LogP contribution is -2.25. The number of benzene rings is 1. The normalized spacial score (nSPS) is 19.3. The van der Waals surface area contributed by atoms with E-state index >= 15 is 0 Å². The molecule has 0 radical (unpaired) electrons. The number of likely N-dealkylation sites (N-methyl/N-ethyl adjacent to an activating group) is 1. The Labute approximate surface area is 83.0 Å². The minimum Gasteiger partial charge on any atom is -0.301 e. The molecule has 3 nitrogen and oxygen atoms in total. The fraction of sp³-hybridized carbons (Fsp3) is 0.273. The number of rotatable bonds is 1. The Morgan fingerprint density at radius 2 is 2.29 bits per heavy atom. The van der Waals surface area contributed by atoms with Gasteiger partial charge in [0.05, 0.1) is 6.21 Å². The number of hydrogen-bond donors (Lipinski definition) is 0. The molecular weight excluding hydrogens is 176 g/mol. The molecule has 0 bridgehead atoms. The van der Waals surface area contributed by atoms with Crippen LogP contribution in [0.4, 0.5) is 0 Å². The summed E-state index contributed by atoms with van der Waals surface area (Å²) in [6.45, 7) is 2.02. The minimum atomic E-state index is -0.241. The second kappa shape index (κ2) is 3.25. The van der Waals surface area contributed by atoms with Crippen molar-refractivity contribution in [1.29, 1.82) is 0 Å². The number of hydrogen-bond acceptors (Lipinski definition) is 3. The SMILES string of the molecule is Cc1ccc2c(c1)C(C=O)N(C)N=C2. The van der Waals surface area contributed by atoms with E-state index < -0.39 is 0 Å². The first kappa shape index (κ1) is 8.94. The van der Waals surface area contributed by atoms with Crippen molar-refractivity contribution in [3.63, 3.8) is 0 Å². The molecule has 2 rings (SSSR count). The van der Waals surface area contributed by atoms with Crippen LogP contribution in [0.15, 0.2) is 23.3 Å². The zero-order valence-electron chi connectivity index (χ0n) is 8.27. The third-order valence-electron chi connectivity index (χ3n) is 2.47. The molecule has 0 aromatic heterocycles. The zero-order chi connectivity index (χ0) is 10.1. The lowest BCUT2D eigenvalue weighted by molar-refractivity contribution is -0.112. The Kier molecular flexibility index (Phi) is 2.08. The average molecular weight is 188 g/mol. The molecule has 72 valence electrons. The van der Waals surface area contributed by atoms with Gasteiger partial charge in [0, 0.05) is 12.6 Å². The van der Waals surface area contributed by atoms with Gasteiger partial charge in [-0.3, -0.25) is 5.01 Å². The Morgan fingerprint density at radius 3 is 3.00 bits per heavy atom. The van der Waals surface area contributed by atoms with Gasteiger partial charge in [-0.25, -0.2) is 0 Å². The molecule has 0 amide bonds. The van der Waals surface area contributed by atoms with E-state index in [1.54, 1.807) is 18.3 Å². The van der Waals surface area contributed by atoms with Gasteiger partial charge in [0.15, 0.2) is 0 Å². The fourth-order valence-electron chi connectivity index (χ4n) is 1.66. The molecule has 1 unspecified atom stereocenters. The van der Waals surface area contributed by atoms with Gasteiger partial charge in [0.25, 0.3) is 0 Å². The summed E-state index contributed by atoms with van der Waals surface area (Å²) in [5.74, 6) is 0. The highest BCUT2D eigenvalue weighted by atomic mass is 16.1. The number of aldehydes is 1. The number of nitrogens with zero attached hydrogens (tertiary/aromatic N) is 2. The summed E-state index contributed by atoms with van der Waals surface area (Å²) in [7, 11) is 1.81. The first-order valence-electron chi connectivity index (χ1n) is 4.55. The van der Waals surface area contributed by atoms with Crippen LogP contribution in [0.3, 0.4) is 0 Å². The molecule has 0 fully saturated rings. The monoisotopic (exact) mass is 188 g/mol. The minimum absolute atomic E-state index is 0.241. The smallest absolute Gasteiger partial charge is 0.148 e. The molecule has 1 aliphatic rings. The van der Waals surface area contributed by atoms with E-state index in [1.807, 2.05) is 25.1 Å². The molecule has 3 heteroatoms. The Bertz CT molecular complexity index is 398. The van der Waals surface area contributed by atoms with Crippen LogP contribution in [-0.2, 0) is 4.79 Å². The van der Waals surface area contributed by atoms with Crippen molar-refractivity contribution in [2.45, 2.75) is 13.0 Å². The lowest BCUT2D eigenvalue weighted by atomic mass is 9.98. The standard InChI is InChI=1S/C11H12N2O/c1-8-3-4-9-6-12-13(2)11(7-14)10(9)5-8/h3-7,11H,1-2H3. The van der Waals surface area contributed by atoms with Crippen LogP contribution >= 0.6 is 0 Å². The van der Waals surface area contributed by atoms with Crippen molar-refractivity contribution in [2.75, 3.05) is 7.05 Å². The first-order valence-corrected chi connectivity index (χ1v) is 4.55. The number of carbonyl (C=O) groups excluding carboxylic acids is 1. The number of aryl methyl sites for hydroxylation is 1. The average Bonchev–Trinajstić information content (AvgIpc) is 2.17. The summed E-state index contributed by atoms with van der Waals surface area (Å²) in [5.41, 5.74) is 3.24. The quantitative estimate of drug-likeness (QED) is 0.626. The number of hydrazone groups is 1. The predicted molar refractivity (Wildman–Crippen MR) is 55.3 cm³/mol. The summed E-state index contributed by atoms with van der Waals surface area (Å²) >= 11 is 0. The molecule has 1 aromatic rings. The van der Waals surface area contributed by atoms with Gasteiger partial charge in [-0.1, -0.05) is 23.8 Å². The Morgan fingerprint density at radius 1 is 1.50 bits per heavy atom. The molecule has 0 saturated carbocycles. The molecule has 1 aliphatic heterocycles.